The lowest BCUT2D eigenvalue weighted by Gasteiger charge is -2.17. The molecule has 9 aromatic carbocycles. The molecule has 11 rings (SSSR count). The second-order valence-electron chi connectivity index (χ2n) is 14.2. The maximum atomic E-state index is 9.77. The summed E-state index contributed by atoms with van der Waals surface area (Å²) >= 11 is 0. The highest BCUT2D eigenvalue weighted by Crippen LogP contribution is 2.43. The number of fused-ring (bicyclic) bond motifs is 10. The molecule has 0 aliphatic heterocycles. The van der Waals surface area contributed by atoms with E-state index in [0.29, 0.717) is 5.56 Å². The minimum Gasteiger partial charge on any atom is -0.309 e. The lowest BCUT2D eigenvalue weighted by atomic mass is 9.89. The van der Waals surface area contributed by atoms with Crippen LogP contribution in [0.2, 0.25) is 0 Å². The molecular formula is C52H31N3. The zero-order valence-corrected chi connectivity index (χ0v) is 29.7. The number of para-hydroxylation sites is 1. The Balaban J connectivity index is 1.10. The van der Waals surface area contributed by atoms with Gasteiger partial charge in [-0.2, -0.15) is 5.26 Å². The van der Waals surface area contributed by atoms with E-state index in [1.165, 1.54) is 27.1 Å². The Morgan fingerprint density at radius 3 is 1.84 bits per heavy atom. The fourth-order valence-electron chi connectivity index (χ4n) is 8.63. The molecule has 254 valence electrons. The van der Waals surface area contributed by atoms with E-state index < -0.39 is 0 Å². The molecule has 0 aliphatic rings. The van der Waals surface area contributed by atoms with Crippen LogP contribution < -0.4 is 0 Å². The summed E-state index contributed by atoms with van der Waals surface area (Å²) in [6.45, 7) is 0. The zero-order valence-electron chi connectivity index (χ0n) is 29.7. The molecule has 0 spiro atoms. The summed E-state index contributed by atoms with van der Waals surface area (Å²) in [7, 11) is 0. The van der Waals surface area contributed by atoms with E-state index in [-0.39, 0.29) is 0 Å². The van der Waals surface area contributed by atoms with E-state index >= 15 is 0 Å². The first kappa shape index (κ1) is 31.0. The Bertz CT molecular complexity index is 3350. The first-order valence-electron chi connectivity index (χ1n) is 18.6. The topological polar surface area (TPSA) is 41.6 Å². The highest BCUT2D eigenvalue weighted by Gasteiger charge is 2.19. The third-order valence-corrected chi connectivity index (χ3v) is 11.2. The maximum Gasteiger partial charge on any atom is 0.0991 e. The number of benzene rings is 9. The summed E-state index contributed by atoms with van der Waals surface area (Å²) in [4.78, 5) is 5.46. The van der Waals surface area contributed by atoms with Crippen molar-refractivity contribution in [3.63, 3.8) is 0 Å². The molecule has 0 saturated heterocycles. The fraction of sp³-hybridized carbons (Fsp3) is 0. The largest absolute Gasteiger partial charge is 0.309 e. The van der Waals surface area contributed by atoms with Crippen LogP contribution in [0.25, 0.3) is 104 Å². The molecule has 2 aromatic heterocycles. The Hall–Kier alpha value is -7.54. The van der Waals surface area contributed by atoms with E-state index in [4.69, 9.17) is 4.98 Å². The Kier molecular flexibility index (Phi) is 6.92. The highest BCUT2D eigenvalue weighted by atomic mass is 15.0. The number of rotatable bonds is 4. The summed E-state index contributed by atoms with van der Waals surface area (Å²) in [5.41, 5.74) is 11.7. The van der Waals surface area contributed by atoms with Crippen molar-refractivity contribution < 1.29 is 0 Å². The van der Waals surface area contributed by atoms with Gasteiger partial charge in [0.2, 0.25) is 0 Å². The smallest absolute Gasteiger partial charge is 0.0991 e. The minimum atomic E-state index is 0.656. The van der Waals surface area contributed by atoms with Gasteiger partial charge in [0.1, 0.15) is 0 Å². The van der Waals surface area contributed by atoms with Crippen LogP contribution >= 0.6 is 0 Å². The van der Waals surface area contributed by atoms with Crippen molar-refractivity contribution in [2.75, 3.05) is 0 Å². The van der Waals surface area contributed by atoms with E-state index in [1.54, 1.807) is 0 Å². The van der Waals surface area contributed by atoms with Crippen LogP contribution in [-0.4, -0.2) is 9.55 Å². The lowest BCUT2D eigenvalue weighted by molar-refractivity contribution is 1.18. The predicted molar refractivity (Wildman–Crippen MR) is 230 cm³/mol. The molecule has 0 radical (unpaired) electrons. The fourth-order valence-corrected chi connectivity index (χ4v) is 8.63. The summed E-state index contributed by atoms with van der Waals surface area (Å²) in [6.07, 6.45) is 0. The van der Waals surface area contributed by atoms with Gasteiger partial charge >= 0.3 is 0 Å². The number of nitriles is 1. The first-order valence-corrected chi connectivity index (χ1v) is 18.6. The van der Waals surface area contributed by atoms with Crippen molar-refractivity contribution in [3.8, 4) is 45.3 Å². The second-order valence-corrected chi connectivity index (χ2v) is 14.2. The molecule has 0 unspecified atom stereocenters. The molecule has 0 saturated carbocycles. The number of pyridine rings is 1. The van der Waals surface area contributed by atoms with Crippen LogP contribution in [-0.2, 0) is 0 Å². The van der Waals surface area contributed by atoms with E-state index in [9.17, 15) is 5.26 Å². The molecule has 2 heterocycles. The zero-order chi connectivity index (χ0) is 36.5. The molecule has 0 fully saturated rings. The highest BCUT2D eigenvalue weighted by molar-refractivity contribution is 6.28. The minimum absolute atomic E-state index is 0.656. The number of hydrogen-bond donors (Lipinski definition) is 0. The van der Waals surface area contributed by atoms with E-state index in [0.717, 1.165) is 77.1 Å². The van der Waals surface area contributed by atoms with E-state index in [1.807, 2.05) is 18.2 Å². The van der Waals surface area contributed by atoms with Gasteiger partial charge in [0.25, 0.3) is 0 Å². The Labute approximate surface area is 317 Å². The number of nitrogens with zero attached hydrogens (tertiary/aromatic N) is 3. The molecule has 0 bridgehead atoms. The summed E-state index contributed by atoms with van der Waals surface area (Å²) in [6, 6.07) is 69.1. The van der Waals surface area contributed by atoms with Crippen LogP contribution in [0.1, 0.15) is 5.56 Å². The summed E-state index contributed by atoms with van der Waals surface area (Å²) in [5.74, 6) is 0. The van der Waals surface area contributed by atoms with Crippen LogP contribution in [0, 0.1) is 11.3 Å². The van der Waals surface area contributed by atoms with Crippen molar-refractivity contribution >= 4 is 65.0 Å². The van der Waals surface area contributed by atoms with Gasteiger partial charge in [-0.3, -0.25) is 0 Å². The standard InChI is InChI=1S/C52H31N3/c53-32-33-19-27-48-45(29-33)46-30-38(25-28-49(46)55(48)39-14-5-2-6-15-39)34-20-22-36(23-21-34)44-31-47-50(42-18-10-9-17-41(42)44)43-26-24-35-11-7-8-16-40(35)52(43)54-51(47)37-12-3-1-4-13-37/h1-31H. The predicted octanol–water partition coefficient (Wildman–Crippen LogP) is 13.7. The molecule has 3 nitrogen and oxygen atoms in total. The molecule has 0 amide bonds. The van der Waals surface area contributed by atoms with Crippen molar-refractivity contribution in [1.29, 1.82) is 5.26 Å². The van der Waals surface area contributed by atoms with Crippen LogP contribution in [0.3, 0.4) is 0 Å². The van der Waals surface area contributed by atoms with Gasteiger partial charge in [0.05, 0.1) is 33.9 Å². The van der Waals surface area contributed by atoms with Gasteiger partial charge in [-0.05, 0) is 86.9 Å². The quantitative estimate of drug-likeness (QED) is 0.172. The second kappa shape index (κ2) is 12.3. The van der Waals surface area contributed by atoms with Gasteiger partial charge in [-0.25, -0.2) is 4.98 Å². The van der Waals surface area contributed by atoms with Gasteiger partial charge in [0, 0.05) is 43.6 Å². The van der Waals surface area contributed by atoms with Crippen molar-refractivity contribution in [2.24, 2.45) is 0 Å². The Morgan fingerprint density at radius 2 is 1.05 bits per heavy atom. The lowest BCUT2D eigenvalue weighted by Crippen LogP contribution is -1.94. The van der Waals surface area contributed by atoms with Gasteiger partial charge in [-0.1, -0.05) is 140 Å². The van der Waals surface area contributed by atoms with E-state index in [2.05, 4.69) is 180 Å². The third kappa shape index (κ3) is 4.86. The molecule has 11 aromatic rings. The molecule has 0 N–H and O–H groups in total. The molecule has 0 atom stereocenters. The molecule has 0 aliphatic carbocycles. The maximum absolute atomic E-state index is 9.77. The number of hydrogen-bond acceptors (Lipinski definition) is 2. The Morgan fingerprint density at radius 1 is 0.418 bits per heavy atom. The van der Waals surface area contributed by atoms with Crippen molar-refractivity contribution in [1.82, 2.24) is 9.55 Å². The van der Waals surface area contributed by atoms with Crippen LogP contribution in [0.5, 0.6) is 0 Å². The molecule has 3 heteroatoms. The average molecular weight is 698 g/mol. The summed E-state index contributed by atoms with van der Waals surface area (Å²) in [5, 5.41) is 20.3. The number of aromatic nitrogens is 2. The molecule has 55 heavy (non-hydrogen) atoms. The van der Waals surface area contributed by atoms with Crippen molar-refractivity contribution in [3.05, 3.63) is 194 Å². The van der Waals surface area contributed by atoms with Gasteiger partial charge in [-0.15, -0.1) is 0 Å². The van der Waals surface area contributed by atoms with Crippen molar-refractivity contribution in [2.45, 2.75) is 0 Å². The normalized spacial score (nSPS) is 11.6. The third-order valence-electron chi connectivity index (χ3n) is 11.2. The summed E-state index contributed by atoms with van der Waals surface area (Å²) < 4.78 is 2.29. The SMILES string of the molecule is N#Cc1ccc2c(c1)c1cc(-c3ccc(-c4cc5c(-c6ccccc6)nc6c7ccccc7ccc6c5c5ccccc45)cc3)ccc1n2-c1ccccc1. The molecular weight excluding hydrogens is 667 g/mol. The first-order chi connectivity index (χ1) is 27.2. The average Bonchev–Trinajstić information content (AvgIpc) is 3.59. The van der Waals surface area contributed by atoms with Gasteiger partial charge in [0.15, 0.2) is 0 Å². The monoisotopic (exact) mass is 697 g/mol. The van der Waals surface area contributed by atoms with Crippen LogP contribution in [0.4, 0.5) is 0 Å². The van der Waals surface area contributed by atoms with Gasteiger partial charge < -0.3 is 4.57 Å². The van der Waals surface area contributed by atoms with Crippen LogP contribution in [0.15, 0.2) is 188 Å².